The van der Waals surface area contributed by atoms with Crippen molar-refractivity contribution in [2.45, 2.75) is 33.0 Å². The third kappa shape index (κ3) is 3.01. The van der Waals surface area contributed by atoms with Crippen molar-refractivity contribution >= 4 is 38.5 Å². The van der Waals surface area contributed by atoms with Crippen molar-refractivity contribution in [1.82, 2.24) is 5.32 Å². The number of furan rings is 1. The van der Waals surface area contributed by atoms with Crippen molar-refractivity contribution in [3.05, 3.63) is 32.7 Å². The fourth-order valence-electron chi connectivity index (χ4n) is 2.01. The van der Waals surface area contributed by atoms with Crippen LogP contribution in [-0.2, 0) is 17.9 Å². The molecule has 3 nitrogen and oxygen atoms in total. The molecule has 0 aliphatic rings. The van der Waals surface area contributed by atoms with Crippen molar-refractivity contribution in [3.8, 4) is 0 Å². The van der Waals surface area contributed by atoms with E-state index in [0.29, 0.717) is 39.4 Å². The summed E-state index contributed by atoms with van der Waals surface area (Å²) in [6.07, 6.45) is 0. The first kappa shape index (κ1) is 15.8. The molecule has 0 saturated carbocycles. The molecular formula is C14H16BrClFNO2. The first-order chi connectivity index (χ1) is 9.45. The van der Waals surface area contributed by atoms with Crippen molar-refractivity contribution < 1.29 is 13.5 Å². The molecule has 0 atom stereocenters. The largest absolute Gasteiger partial charge is 0.458 e. The van der Waals surface area contributed by atoms with Crippen LogP contribution in [0.2, 0.25) is 5.02 Å². The normalized spacial score (nSPS) is 11.8. The van der Waals surface area contributed by atoms with Crippen molar-refractivity contribution in [3.63, 3.8) is 0 Å². The second kappa shape index (κ2) is 6.43. The van der Waals surface area contributed by atoms with Gasteiger partial charge in [0, 0.05) is 18.7 Å². The Morgan fingerprint density at radius 3 is 2.80 bits per heavy atom. The van der Waals surface area contributed by atoms with E-state index in [4.69, 9.17) is 20.8 Å². The van der Waals surface area contributed by atoms with E-state index in [0.717, 1.165) is 0 Å². The van der Waals surface area contributed by atoms with Crippen LogP contribution in [0, 0.1) is 5.82 Å². The van der Waals surface area contributed by atoms with Crippen molar-refractivity contribution in [2.75, 3.05) is 7.11 Å². The molecule has 20 heavy (non-hydrogen) atoms. The molecule has 1 N–H and O–H groups in total. The second-order valence-electron chi connectivity index (χ2n) is 4.83. The second-order valence-corrected chi connectivity index (χ2v) is 6.09. The van der Waals surface area contributed by atoms with Gasteiger partial charge in [0.05, 0.1) is 28.0 Å². The van der Waals surface area contributed by atoms with Gasteiger partial charge in [0.2, 0.25) is 0 Å². The Balaban J connectivity index is 2.60. The monoisotopic (exact) mass is 363 g/mol. The van der Waals surface area contributed by atoms with Crippen LogP contribution in [-0.4, -0.2) is 13.2 Å². The standard InChI is InChI=1S/C14H16BrClFNO2/c1-7(2)18-5-11-8(6-19-3)12-13(17)10(16)4-9(15)14(12)20-11/h4,7,18H,5-6H2,1-3H3. The van der Waals surface area contributed by atoms with E-state index in [9.17, 15) is 4.39 Å². The molecule has 1 heterocycles. The summed E-state index contributed by atoms with van der Waals surface area (Å²) in [4.78, 5) is 0. The molecule has 110 valence electrons. The maximum absolute atomic E-state index is 14.3. The molecular weight excluding hydrogens is 349 g/mol. The van der Waals surface area contributed by atoms with Gasteiger partial charge in [-0.2, -0.15) is 0 Å². The molecule has 0 aliphatic heterocycles. The van der Waals surface area contributed by atoms with Gasteiger partial charge in [-0.3, -0.25) is 0 Å². The molecule has 0 saturated heterocycles. The Morgan fingerprint density at radius 1 is 1.50 bits per heavy atom. The minimum Gasteiger partial charge on any atom is -0.458 e. The van der Waals surface area contributed by atoms with Crippen molar-refractivity contribution in [2.24, 2.45) is 0 Å². The van der Waals surface area contributed by atoms with Gasteiger partial charge in [-0.1, -0.05) is 25.4 Å². The third-order valence-electron chi connectivity index (χ3n) is 2.95. The molecule has 0 aliphatic carbocycles. The lowest BCUT2D eigenvalue weighted by Crippen LogP contribution is -2.22. The SMILES string of the molecule is COCc1c(CNC(C)C)oc2c(Br)cc(Cl)c(F)c12. The van der Waals surface area contributed by atoms with Gasteiger partial charge in [0.1, 0.15) is 5.76 Å². The highest BCUT2D eigenvalue weighted by Crippen LogP contribution is 2.37. The van der Waals surface area contributed by atoms with Gasteiger partial charge in [0.15, 0.2) is 11.4 Å². The Labute approximate surface area is 130 Å². The molecule has 0 unspecified atom stereocenters. The van der Waals surface area contributed by atoms with E-state index >= 15 is 0 Å². The smallest absolute Gasteiger partial charge is 0.153 e. The number of benzene rings is 1. The lowest BCUT2D eigenvalue weighted by Gasteiger charge is -2.07. The Hall–Kier alpha value is -0.620. The van der Waals surface area contributed by atoms with Gasteiger partial charge >= 0.3 is 0 Å². The molecule has 1 aromatic heterocycles. The predicted molar refractivity (Wildman–Crippen MR) is 81.6 cm³/mol. The van der Waals surface area contributed by atoms with Crippen LogP contribution in [0.15, 0.2) is 15.0 Å². The molecule has 1 aromatic carbocycles. The lowest BCUT2D eigenvalue weighted by atomic mass is 10.1. The fraction of sp³-hybridized carbons (Fsp3) is 0.429. The number of rotatable bonds is 5. The molecule has 0 spiro atoms. The maximum atomic E-state index is 14.3. The van der Waals surface area contributed by atoms with Crippen LogP contribution in [0.3, 0.4) is 0 Å². The summed E-state index contributed by atoms with van der Waals surface area (Å²) in [5, 5.41) is 3.70. The maximum Gasteiger partial charge on any atom is 0.153 e. The zero-order valence-corrected chi connectivity index (χ0v) is 13.9. The minimum atomic E-state index is -0.475. The quantitative estimate of drug-likeness (QED) is 0.785. The fourth-order valence-corrected chi connectivity index (χ4v) is 2.85. The first-order valence-corrected chi connectivity index (χ1v) is 7.42. The van der Waals surface area contributed by atoms with Crippen molar-refractivity contribution in [1.29, 1.82) is 0 Å². The third-order valence-corrected chi connectivity index (χ3v) is 3.81. The number of hydrogen-bond acceptors (Lipinski definition) is 3. The topological polar surface area (TPSA) is 34.4 Å². The van der Waals surface area contributed by atoms with Crippen LogP contribution >= 0.6 is 27.5 Å². The predicted octanol–water partition coefficient (Wildman–Crippen LogP) is 4.63. The Bertz CT molecular complexity index is 627. The summed E-state index contributed by atoms with van der Waals surface area (Å²) in [5.41, 5.74) is 1.15. The number of halogens is 3. The van der Waals surface area contributed by atoms with Crippen LogP contribution in [0.1, 0.15) is 25.2 Å². The highest BCUT2D eigenvalue weighted by atomic mass is 79.9. The number of hydrogen-bond donors (Lipinski definition) is 1. The zero-order chi connectivity index (χ0) is 14.9. The Kier molecular flexibility index (Phi) is 5.07. The number of fused-ring (bicyclic) bond motifs is 1. The van der Waals surface area contributed by atoms with Crippen LogP contribution in [0.5, 0.6) is 0 Å². The van der Waals surface area contributed by atoms with Gasteiger partial charge in [-0.05, 0) is 22.0 Å². The molecule has 2 rings (SSSR count). The number of nitrogens with one attached hydrogen (secondary N) is 1. The highest BCUT2D eigenvalue weighted by molar-refractivity contribution is 9.10. The first-order valence-electron chi connectivity index (χ1n) is 6.25. The van der Waals surface area contributed by atoms with Gasteiger partial charge < -0.3 is 14.5 Å². The zero-order valence-electron chi connectivity index (χ0n) is 11.5. The van der Waals surface area contributed by atoms with Crippen LogP contribution < -0.4 is 5.32 Å². The molecule has 6 heteroatoms. The van der Waals surface area contributed by atoms with Crippen LogP contribution in [0.4, 0.5) is 4.39 Å². The van der Waals surface area contributed by atoms with E-state index in [1.165, 1.54) is 6.07 Å². The van der Waals surface area contributed by atoms with Gasteiger partial charge in [-0.25, -0.2) is 4.39 Å². The highest BCUT2D eigenvalue weighted by Gasteiger charge is 2.21. The average molecular weight is 365 g/mol. The summed E-state index contributed by atoms with van der Waals surface area (Å²) in [5.74, 6) is 0.189. The lowest BCUT2D eigenvalue weighted by molar-refractivity contribution is 0.183. The van der Waals surface area contributed by atoms with Gasteiger partial charge in [0.25, 0.3) is 0 Å². The molecule has 0 radical (unpaired) electrons. The number of methoxy groups -OCH3 is 1. The van der Waals surface area contributed by atoms with E-state index in [2.05, 4.69) is 21.2 Å². The van der Waals surface area contributed by atoms with Gasteiger partial charge in [-0.15, -0.1) is 0 Å². The average Bonchev–Trinajstić information content (AvgIpc) is 2.74. The summed E-state index contributed by atoms with van der Waals surface area (Å²) in [7, 11) is 1.57. The Morgan fingerprint density at radius 2 is 2.20 bits per heavy atom. The molecule has 0 fully saturated rings. The summed E-state index contributed by atoms with van der Waals surface area (Å²) in [6.45, 7) is 4.85. The molecule has 0 amide bonds. The van der Waals surface area contributed by atoms with E-state index < -0.39 is 5.82 Å². The van der Waals surface area contributed by atoms with E-state index in [1.807, 2.05) is 13.8 Å². The van der Waals surface area contributed by atoms with E-state index in [-0.39, 0.29) is 11.6 Å². The number of ether oxygens (including phenoxy) is 1. The molecule has 0 bridgehead atoms. The summed E-state index contributed by atoms with van der Waals surface area (Å²) >= 11 is 9.25. The minimum absolute atomic E-state index is 0.0610. The summed E-state index contributed by atoms with van der Waals surface area (Å²) < 4.78 is 25.9. The van der Waals surface area contributed by atoms with Crippen LogP contribution in [0.25, 0.3) is 11.0 Å². The molecule has 2 aromatic rings. The summed E-state index contributed by atoms with van der Waals surface area (Å²) in [6, 6.07) is 1.80. The van der Waals surface area contributed by atoms with E-state index in [1.54, 1.807) is 7.11 Å².